The van der Waals surface area contributed by atoms with Gasteiger partial charge in [-0.3, -0.25) is 0 Å². The van der Waals surface area contributed by atoms with E-state index in [1.165, 1.54) is 30.5 Å². The maximum atomic E-state index is 13.0. The molecule has 0 aliphatic heterocycles. The highest BCUT2D eigenvalue weighted by molar-refractivity contribution is 6.11. The van der Waals surface area contributed by atoms with E-state index in [-0.39, 0.29) is 11.4 Å². The van der Waals surface area contributed by atoms with Crippen LogP contribution in [0.4, 0.5) is 4.39 Å². The average molecular weight is 310 g/mol. The van der Waals surface area contributed by atoms with E-state index in [9.17, 15) is 9.18 Å². The van der Waals surface area contributed by atoms with Crippen LogP contribution in [0.2, 0.25) is 0 Å². The molecule has 2 aromatic carbocycles. The molecular weight excluding hydrogens is 295 g/mol. The van der Waals surface area contributed by atoms with Crippen LogP contribution in [-0.4, -0.2) is 16.8 Å². The summed E-state index contributed by atoms with van der Waals surface area (Å²) in [4.78, 5) is 15.3. The molecule has 0 aliphatic rings. The van der Waals surface area contributed by atoms with Crippen molar-refractivity contribution in [2.45, 2.75) is 0 Å². The standard InChI is InChI=1S/C18H15FN2O2/c1-12(13-6-8-16(19)9-7-13)21-17(10-11-20)14-2-4-15(5-3-14)18(22)23/h2-11H,1,20H2,(H,22,23)/b11-10-,21-17+. The number of benzene rings is 2. The van der Waals surface area contributed by atoms with Crippen molar-refractivity contribution >= 4 is 17.4 Å². The Bertz CT molecular complexity index is 776. The van der Waals surface area contributed by atoms with Crippen LogP contribution < -0.4 is 5.73 Å². The number of carboxylic acid groups (broad SMARTS) is 1. The van der Waals surface area contributed by atoms with Crippen LogP contribution in [-0.2, 0) is 0 Å². The maximum Gasteiger partial charge on any atom is 0.335 e. The molecular formula is C18H15FN2O2. The molecule has 0 spiro atoms. The maximum absolute atomic E-state index is 13.0. The van der Waals surface area contributed by atoms with E-state index in [4.69, 9.17) is 10.8 Å². The number of hydrogen-bond acceptors (Lipinski definition) is 3. The lowest BCUT2D eigenvalue weighted by molar-refractivity contribution is 0.0697. The van der Waals surface area contributed by atoms with Crippen molar-refractivity contribution in [1.82, 2.24) is 0 Å². The first kappa shape index (κ1) is 16.2. The van der Waals surface area contributed by atoms with Crippen molar-refractivity contribution in [3.63, 3.8) is 0 Å². The topological polar surface area (TPSA) is 75.7 Å². The summed E-state index contributed by atoms with van der Waals surface area (Å²) < 4.78 is 13.0. The SMILES string of the molecule is C=C(/N=C(\C=C/N)c1ccc(C(=O)O)cc1)c1ccc(F)cc1. The molecule has 0 saturated heterocycles. The molecule has 0 unspecified atom stereocenters. The van der Waals surface area contributed by atoms with Gasteiger partial charge in [-0.1, -0.05) is 18.7 Å². The Morgan fingerprint density at radius 1 is 1.04 bits per heavy atom. The number of carboxylic acids is 1. The lowest BCUT2D eigenvalue weighted by Crippen LogP contribution is -2.01. The molecule has 0 heterocycles. The van der Waals surface area contributed by atoms with Gasteiger partial charge in [0, 0.05) is 5.56 Å². The van der Waals surface area contributed by atoms with Gasteiger partial charge in [0.25, 0.3) is 0 Å². The molecule has 0 bridgehead atoms. The second-order valence-electron chi connectivity index (χ2n) is 4.69. The van der Waals surface area contributed by atoms with Gasteiger partial charge in [-0.25, -0.2) is 14.2 Å². The summed E-state index contributed by atoms with van der Waals surface area (Å²) in [7, 11) is 0. The lowest BCUT2D eigenvalue weighted by atomic mass is 10.1. The number of hydrogen-bond donors (Lipinski definition) is 2. The van der Waals surface area contributed by atoms with Crippen LogP contribution in [0.15, 0.2) is 72.4 Å². The summed E-state index contributed by atoms with van der Waals surface area (Å²) in [5, 5.41) is 8.93. The van der Waals surface area contributed by atoms with Crippen LogP contribution in [0, 0.1) is 5.82 Å². The second-order valence-corrected chi connectivity index (χ2v) is 4.69. The minimum Gasteiger partial charge on any atom is -0.478 e. The van der Waals surface area contributed by atoms with Crippen LogP contribution in [0.25, 0.3) is 5.70 Å². The van der Waals surface area contributed by atoms with Crippen molar-refractivity contribution in [3.05, 3.63) is 89.9 Å². The van der Waals surface area contributed by atoms with Crippen molar-refractivity contribution in [1.29, 1.82) is 0 Å². The third kappa shape index (κ3) is 4.14. The number of aliphatic imine (C=N–C) groups is 1. The Hall–Kier alpha value is -3.21. The average Bonchev–Trinajstić information content (AvgIpc) is 2.55. The fourth-order valence-corrected chi connectivity index (χ4v) is 1.92. The van der Waals surface area contributed by atoms with Gasteiger partial charge in [0.2, 0.25) is 0 Å². The van der Waals surface area contributed by atoms with E-state index < -0.39 is 5.97 Å². The third-order valence-electron chi connectivity index (χ3n) is 3.11. The zero-order valence-electron chi connectivity index (χ0n) is 12.2. The molecule has 23 heavy (non-hydrogen) atoms. The Morgan fingerprint density at radius 2 is 1.57 bits per heavy atom. The summed E-state index contributed by atoms with van der Waals surface area (Å²) >= 11 is 0. The van der Waals surface area contributed by atoms with E-state index in [0.717, 1.165) is 0 Å². The minimum absolute atomic E-state index is 0.183. The Kier molecular flexibility index (Phi) is 5.04. The van der Waals surface area contributed by atoms with E-state index >= 15 is 0 Å². The highest BCUT2D eigenvalue weighted by atomic mass is 19.1. The first-order valence-corrected chi connectivity index (χ1v) is 6.77. The Balaban J connectivity index is 2.35. The molecule has 0 aromatic heterocycles. The fraction of sp³-hybridized carbons (Fsp3) is 0. The third-order valence-corrected chi connectivity index (χ3v) is 3.11. The van der Waals surface area contributed by atoms with E-state index in [0.29, 0.717) is 22.5 Å². The molecule has 4 nitrogen and oxygen atoms in total. The van der Waals surface area contributed by atoms with Crippen molar-refractivity contribution < 1.29 is 14.3 Å². The zero-order chi connectivity index (χ0) is 16.8. The molecule has 0 fully saturated rings. The Labute approximate surface area is 133 Å². The van der Waals surface area contributed by atoms with Gasteiger partial charge >= 0.3 is 5.97 Å². The number of aromatic carboxylic acids is 1. The van der Waals surface area contributed by atoms with Gasteiger partial charge in [-0.15, -0.1) is 0 Å². The van der Waals surface area contributed by atoms with Crippen LogP contribution >= 0.6 is 0 Å². The molecule has 3 N–H and O–H groups in total. The van der Waals surface area contributed by atoms with Gasteiger partial charge in [0.05, 0.1) is 17.0 Å². The fourth-order valence-electron chi connectivity index (χ4n) is 1.92. The van der Waals surface area contributed by atoms with E-state index in [1.807, 2.05) is 0 Å². The molecule has 5 heteroatoms. The van der Waals surface area contributed by atoms with Gasteiger partial charge in [0.1, 0.15) is 5.82 Å². The number of allylic oxidation sites excluding steroid dienone is 1. The smallest absolute Gasteiger partial charge is 0.335 e. The predicted molar refractivity (Wildman–Crippen MR) is 88.7 cm³/mol. The van der Waals surface area contributed by atoms with E-state index in [1.54, 1.807) is 30.3 Å². The summed E-state index contributed by atoms with van der Waals surface area (Å²) in [5.41, 5.74) is 7.97. The zero-order valence-corrected chi connectivity index (χ0v) is 12.2. The van der Waals surface area contributed by atoms with Gasteiger partial charge in [-0.05, 0) is 54.2 Å². The summed E-state index contributed by atoms with van der Waals surface area (Å²) in [6, 6.07) is 12.1. The summed E-state index contributed by atoms with van der Waals surface area (Å²) in [6.45, 7) is 3.87. The molecule has 0 radical (unpaired) electrons. The molecule has 116 valence electrons. The quantitative estimate of drug-likeness (QED) is 0.830. The van der Waals surface area contributed by atoms with Crippen LogP contribution in [0.3, 0.4) is 0 Å². The highest BCUT2D eigenvalue weighted by Gasteiger charge is 2.06. The lowest BCUT2D eigenvalue weighted by Gasteiger charge is -2.05. The first-order chi connectivity index (χ1) is 11.0. The Morgan fingerprint density at radius 3 is 2.09 bits per heavy atom. The van der Waals surface area contributed by atoms with E-state index in [2.05, 4.69) is 11.6 Å². The number of nitrogens with zero attached hydrogens (tertiary/aromatic N) is 1. The van der Waals surface area contributed by atoms with Gasteiger partial charge in [-0.2, -0.15) is 0 Å². The molecule has 2 rings (SSSR count). The largest absolute Gasteiger partial charge is 0.478 e. The number of nitrogens with two attached hydrogens (primary N) is 1. The molecule has 0 saturated carbocycles. The molecule has 0 atom stereocenters. The highest BCUT2D eigenvalue weighted by Crippen LogP contribution is 2.17. The van der Waals surface area contributed by atoms with Gasteiger partial charge in [0.15, 0.2) is 0 Å². The summed E-state index contributed by atoms with van der Waals surface area (Å²) in [5.74, 6) is -1.34. The second kappa shape index (κ2) is 7.17. The monoisotopic (exact) mass is 310 g/mol. The molecule has 2 aromatic rings. The molecule has 0 aliphatic carbocycles. The van der Waals surface area contributed by atoms with Crippen LogP contribution in [0.1, 0.15) is 21.5 Å². The molecule has 0 amide bonds. The van der Waals surface area contributed by atoms with Crippen LogP contribution in [0.5, 0.6) is 0 Å². The van der Waals surface area contributed by atoms with Crippen molar-refractivity contribution in [2.24, 2.45) is 10.7 Å². The predicted octanol–water partition coefficient (Wildman–Crippen LogP) is 3.46. The first-order valence-electron chi connectivity index (χ1n) is 6.77. The van der Waals surface area contributed by atoms with Crippen molar-refractivity contribution in [3.8, 4) is 0 Å². The normalized spacial score (nSPS) is 11.6. The summed E-state index contributed by atoms with van der Waals surface area (Å²) in [6.07, 6.45) is 2.92. The number of carbonyl (C=O) groups is 1. The number of rotatable bonds is 5. The van der Waals surface area contributed by atoms with Crippen molar-refractivity contribution in [2.75, 3.05) is 0 Å². The number of halogens is 1. The minimum atomic E-state index is -1.000. The van der Waals surface area contributed by atoms with Gasteiger partial charge < -0.3 is 10.8 Å².